The summed E-state index contributed by atoms with van der Waals surface area (Å²) >= 11 is 0. The van der Waals surface area contributed by atoms with Crippen molar-refractivity contribution in [3.63, 3.8) is 0 Å². The normalized spacial score (nSPS) is 12.9. The summed E-state index contributed by atoms with van der Waals surface area (Å²) in [6, 6.07) is 2.62. The molecule has 3 heteroatoms. The van der Waals surface area contributed by atoms with Gasteiger partial charge in [-0.15, -0.1) is 0 Å². The second-order valence-corrected chi connectivity index (χ2v) is 3.59. The minimum atomic E-state index is -1.15. The summed E-state index contributed by atoms with van der Waals surface area (Å²) in [4.78, 5) is 0. The summed E-state index contributed by atoms with van der Waals surface area (Å²) in [5.41, 5.74) is 0.328. The molecule has 1 aromatic rings. The van der Waals surface area contributed by atoms with E-state index in [1.807, 2.05) is 13.8 Å². The van der Waals surface area contributed by atoms with Crippen molar-refractivity contribution in [3.05, 3.63) is 29.3 Å². The Morgan fingerprint density at radius 1 is 1.29 bits per heavy atom. The van der Waals surface area contributed by atoms with Gasteiger partial charge in [-0.25, -0.2) is 4.39 Å². The number of hydrogen-bond donors (Lipinski definition) is 1. The number of halogens is 2. The molecule has 0 saturated carbocycles. The molecule has 0 spiro atoms. The fraction of sp³-hybridized carbons (Fsp3) is 0.455. The van der Waals surface area contributed by atoms with E-state index >= 15 is 0 Å². The summed E-state index contributed by atoms with van der Waals surface area (Å²) < 4.78 is 26.1. The van der Waals surface area contributed by atoms with E-state index in [1.54, 1.807) is 0 Å². The van der Waals surface area contributed by atoms with Crippen molar-refractivity contribution in [2.24, 2.45) is 5.92 Å². The van der Waals surface area contributed by atoms with E-state index in [2.05, 4.69) is 0 Å². The second-order valence-electron chi connectivity index (χ2n) is 3.59. The molecule has 0 bridgehead atoms. The van der Waals surface area contributed by atoms with Gasteiger partial charge in [0.2, 0.25) is 5.82 Å². The summed E-state index contributed by atoms with van der Waals surface area (Å²) in [5, 5.41) is 8.90. The Morgan fingerprint density at radius 3 is 2.50 bits per heavy atom. The number of phenolic OH excluding ortho intramolecular Hbond substituents is 1. The van der Waals surface area contributed by atoms with Crippen LogP contribution in [0.25, 0.3) is 0 Å². The van der Waals surface area contributed by atoms with Crippen LogP contribution in [0.5, 0.6) is 5.75 Å². The molecule has 0 fully saturated rings. The number of hydrogen-bond acceptors (Lipinski definition) is 1. The Balaban J connectivity index is 2.94. The minimum Gasteiger partial charge on any atom is -0.505 e. The van der Waals surface area contributed by atoms with Gasteiger partial charge in [0.1, 0.15) is 0 Å². The first kappa shape index (κ1) is 11.0. The van der Waals surface area contributed by atoms with Crippen molar-refractivity contribution in [1.29, 1.82) is 0 Å². The maximum absolute atomic E-state index is 13.2. The second kappa shape index (κ2) is 4.40. The summed E-state index contributed by atoms with van der Waals surface area (Å²) in [6.07, 6.45) is 1.42. The molecule has 0 aliphatic carbocycles. The van der Waals surface area contributed by atoms with Gasteiger partial charge in [-0.3, -0.25) is 0 Å². The van der Waals surface area contributed by atoms with Gasteiger partial charge in [0.15, 0.2) is 11.6 Å². The Morgan fingerprint density at radius 2 is 1.93 bits per heavy atom. The van der Waals surface area contributed by atoms with Crippen LogP contribution in [0.2, 0.25) is 0 Å². The highest BCUT2D eigenvalue weighted by Crippen LogP contribution is 2.23. The third-order valence-corrected chi connectivity index (χ3v) is 2.41. The molecule has 0 aromatic heterocycles. The molecule has 1 N–H and O–H groups in total. The molecule has 0 aliphatic rings. The van der Waals surface area contributed by atoms with Crippen molar-refractivity contribution in [2.75, 3.05) is 0 Å². The van der Waals surface area contributed by atoms with Crippen LogP contribution in [0, 0.1) is 17.6 Å². The molecule has 0 saturated heterocycles. The van der Waals surface area contributed by atoms with Crippen LogP contribution >= 0.6 is 0 Å². The van der Waals surface area contributed by atoms with Gasteiger partial charge in [-0.05, 0) is 24.0 Å². The Labute approximate surface area is 82.4 Å². The molecule has 0 amide bonds. The van der Waals surface area contributed by atoms with Crippen LogP contribution in [0.1, 0.15) is 25.8 Å². The molecule has 14 heavy (non-hydrogen) atoms. The maximum atomic E-state index is 13.2. The molecule has 1 nitrogen and oxygen atoms in total. The molecule has 1 unspecified atom stereocenters. The van der Waals surface area contributed by atoms with Gasteiger partial charge >= 0.3 is 0 Å². The monoisotopic (exact) mass is 200 g/mol. The van der Waals surface area contributed by atoms with Crippen molar-refractivity contribution < 1.29 is 13.9 Å². The Kier molecular flexibility index (Phi) is 3.44. The van der Waals surface area contributed by atoms with E-state index in [-0.39, 0.29) is 0 Å². The smallest absolute Gasteiger partial charge is 0.200 e. The molecular weight excluding hydrogens is 186 g/mol. The van der Waals surface area contributed by atoms with Crippen LogP contribution < -0.4 is 0 Å². The minimum absolute atomic E-state index is 0.313. The third-order valence-electron chi connectivity index (χ3n) is 2.41. The zero-order valence-electron chi connectivity index (χ0n) is 8.35. The highest BCUT2D eigenvalue weighted by Gasteiger charge is 2.13. The lowest BCUT2D eigenvalue weighted by molar-refractivity contribution is 0.401. The van der Waals surface area contributed by atoms with Crippen molar-refractivity contribution in [2.45, 2.75) is 26.7 Å². The first-order valence-corrected chi connectivity index (χ1v) is 4.72. The molecule has 1 aromatic carbocycles. The van der Waals surface area contributed by atoms with Crippen LogP contribution in [0.3, 0.4) is 0 Å². The van der Waals surface area contributed by atoms with E-state index in [4.69, 9.17) is 5.11 Å². The van der Waals surface area contributed by atoms with E-state index in [1.165, 1.54) is 12.1 Å². The van der Waals surface area contributed by atoms with E-state index in [9.17, 15) is 8.78 Å². The van der Waals surface area contributed by atoms with Crippen molar-refractivity contribution in [1.82, 2.24) is 0 Å². The Hall–Kier alpha value is -1.12. The largest absolute Gasteiger partial charge is 0.505 e. The number of benzene rings is 1. The molecule has 1 atom stereocenters. The quantitative estimate of drug-likeness (QED) is 0.794. The van der Waals surface area contributed by atoms with Crippen molar-refractivity contribution >= 4 is 0 Å². The van der Waals surface area contributed by atoms with Gasteiger partial charge in [-0.1, -0.05) is 26.3 Å². The Bertz CT molecular complexity index is 323. The first-order valence-electron chi connectivity index (χ1n) is 4.72. The summed E-state index contributed by atoms with van der Waals surface area (Å²) in [6.45, 7) is 3.98. The fourth-order valence-electron chi connectivity index (χ4n) is 1.26. The zero-order valence-corrected chi connectivity index (χ0v) is 8.35. The SMILES string of the molecule is CCC(C)Cc1ccc(O)c(F)c1F. The highest BCUT2D eigenvalue weighted by molar-refractivity contribution is 5.30. The van der Waals surface area contributed by atoms with Gasteiger partial charge < -0.3 is 5.11 Å². The molecular formula is C11H14F2O. The standard InChI is InChI=1S/C11H14F2O/c1-3-7(2)6-8-4-5-9(14)11(13)10(8)12/h4-5,7,14H,3,6H2,1-2H3. The van der Waals surface area contributed by atoms with Gasteiger partial charge in [0.25, 0.3) is 0 Å². The average molecular weight is 200 g/mol. The fourth-order valence-corrected chi connectivity index (χ4v) is 1.26. The van der Waals surface area contributed by atoms with E-state index < -0.39 is 17.4 Å². The predicted molar refractivity (Wildman–Crippen MR) is 51.2 cm³/mol. The molecule has 78 valence electrons. The molecule has 0 aliphatic heterocycles. The number of aromatic hydroxyl groups is 1. The highest BCUT2D eigenvalue weighted by atomic mass is 19.2. The summed E-state index contributed by atoms with van der Waals surface area (Å²) in [7, 11) is 0. The van der Waals surface area contributed by atoms with Crippen LogP contribution in [0.4, 0.5) is 8.78 Å². The lowest BCUT2D eigenvalue weighted by Gasteiger charge is -2.09. The zero-order chi connectivity index (χ0) is 10.7. The molecule has 0 heterocycles. The molecule has 0 radical (unpaired) electrons. The van der Waals surface area contributed by atoms with Crippen LogP contribution in [-0.4, -0.2) is 5.11 Å². The van der Waals surface area contributed by atoms with Gasteiger partial charge in [-0.2, -0.15) is 4.39 Å². The number of phenols is 1. The van der Waals surface area contributed by atoms with E-state index in [0.29, 0.717) is 17.9 Å². The third kappa shape index (κ3) is 2.22. The molecule has 1 rings (SSSR count). The van der Waals surface area contributed by atoms with E-state index in [0.717, 1.165) is 6.42 Å². The lowest BCUT2D eigenvalue weighted by Crippen LogP contribution is -2.02. The van der Waals surface area contributed by atoms with Crippen LogP contribution in [-0.2, 0) is 6.42 Å². The van der Waals surface area contributed by atoms with Gasteiger partial charge in [0, 0.05) is 0 Å². The topological polar surface area (TPSA) is 20.2 Å². The number of rotatable bonds is 3. The predicted octanol–water partition coefficient (Wildman–Crippen LogP) is 3.26. The van der Waals surface area contributed by atoms with Gasteiger partial charge in [0.05, 0.1) is 0 Å². The maximum Gasteiger partial charge on any atom is 0.200 e. The van der Waals surface area contributed by atoms with Crippen molar-refractivity contribution in [3.8, 4) is 5.75 Å². The lowest BCUT2D eigenvalue weighted by atomic mass is 9.98. The summed E-state index contributed by atoms with van der Waals surface area (Å²) in [5.74, 6) is -2.39. The average Bonchev–Trinajstić information content (AvgIpc) is 2.19. The first-order chi connectivity index (χ1) is 6.56. The van der Waals surface area contributed by atoms with Crippen LogP contribution in [0.15, 0.2) is 12.1 Å².